The summed E-state index contributed by atoms with van der Waals surface area (Å²) in [6, 6.07) is 6.44. The van der Waals surface area contributed by atoms with E-state index in [1.165, 1.54) is 25.7 Å². The minimum atomic E-state index is -0.399. The quantitative estimate of drug-likeness (QED) is 0.824. The molecule has 1 aliphatic rings. The highest BCUT2D eigenvalue weighted by molar-refractivity contribution is 5.81. The van der Waals surface area contributed by atoms with E-state index in [1.54, 1.807) is 0 Å². The topological polar surface area (TPSA) is 38.3 Å². The molecule has 0 spiro atoms. The number of nitrogens with one attached hydrogen (secondary N) is 1. The van der Waals surface area contributed by atoms with Crippen LogP contribution < -0.4 is 10.1 Å². The van der Waals surface area contributed by atoms with Crippen molar-refractivity contribution in [2.75, 3.05) is 0 Å². The molecule has 1 aromatic carbocycles. The van der Waals surface area contributed by atoms with E-state index in [2.05, 4.69) is 11.4 Å². The van der Waals surface area contributed by atoms with Gasteiger partial charge in [0.1, 0.15) is 5.75 Å². The molecule has 1 N–H and O–H groups in total. The number of amides is 1. The van der Waals surface area contributed by atoms with Gasteiger partial charge in [0.25, 0.3) is 5.91 Å². The fourth-order valence-corrected chi connectivity index (χ4v) is 3.03. The van der Waals surface area contributed by atoms with Crippen molar-refractivity contribution in [2.24, 2.45) is 0 Å². The normalized spacial score (nSPS) is 17.6. The summed E-state index contributed by atoms with van der Waals surface area (Å²) in [5, 5.41) is 3.20. The molecule has 1 unspecified atom stereocenters. The Kier molecular flexibility index (Phi) is 6.29. The Balaban J connectivity index is 1.97. The molecular weight excluding hydrogens is 274 g/mol. The molecule has 22 heavy (non-hydrogen) atoms. The highest BCUT2D eigenvalue weighted by Crippen LogP contribution is 2.22. The first kappa shape index (κ1) is 16.9. The monoisotopic (exact) mass is 303 g/mol. The third-order valence-electron chi connectivity index (χ3n) is 4.48. The highest BCUT2D eigenvalue weighted by atomic mass is 16.5. The second-order valence-electron chi connectivity index (χ2n) is 6.48. The summed E-state index contributed by atoms with van der Waals surface area (Å²) in [6.45, 7) is 6.06. The Hall–Kier alpha value is -1.51. The maximum Gasteiger partial charge on any atom is 0.261 e. The number of hydrogen-bond donors (Lipinski definition) is 1. The molecule has 1 aliphatic carbocycles. The van der Waals surface area contributed by atoms with Gasteiger partial charge in [-0.1, -0.05) is 44.7 Å². The van der Waals surface area contributed by atoms with Crippen LogP contribution >= 0.6 is 0 Å². The van der Waals surface area contributed by atoms with Gasteiger partial charge < -0.3 is 10.1 Å². The molecule has 0 aliphatic heterocycles. The van der Waals surface area contributed by atoms with Crippen LogP contribution in [0.5, 0.6) is 5.75 Å². The molecular formula is C19H29NO2. The highest BCUT2D eigenvalue weighted by Gasteiger charge is 2.22. The van der Waals surface area contributed by atoms with Crippen LogP contribution in [-0.2, 0) is 4.79 Å². The van der Waals surface area contributed by atoms with Crippen LogP contribution in [0.15, 0.2) is 18.2 Å². The van der Waals surface area contributed by atoms with Crippen molar-refractivity contribution in [2.45, 2.75) is 77.9 Å². The molecule has 1 aromatic rings. The zero-order chi connectivity index (χ0) is 15.9. The van der Waals surface area contributed by atoms with Gasteiger partial charge in [-0.25, -0.2) is 0 Å². The van der Waals surface area contributed by atoms with Gasteiger partial charge >= 0.3 is 0 Å². The number of rotatable bonds is 5. The first-order valence-electron chi connectivity index (χ1n) is 8.64. The summed E-state index contributed by atoms with van der Waals surface area (Å²) in [4.78, 5) is 12.5. The van der Waals surface area contributed by atoms with E-state index >= 15 is 0 Å². The van der Waals surface area contributed by atoms with Gasteiger partial charge in [0.05, 0.1) is 0 Å². The summed E-state index contributed by atoms with van der Waals surface area (Å²) in [7, 11) is 0. The second kappa shape index (κ2) is 8.21. The van der Waals surface area contributed by atoms with E-state index in [0.717, 1.165) is 29.7 Å². The lowest BCUT2D eigenvalue weighted by molar-refractivity contribution is -0.129. The zero-order valence-electron chi connectivity index (χ0n) is 14.2. The number of aryl methyl sites for hydroxylation is 2. The predicted octanol–water partition coefficient (Wildman–Crippen LogP) is 4.30. The standard InChI is InChI=1S/C19H29NO2/c1-4-17(22-18-13-14(2)11-12-15(18)3)19(21)20-16-9-7-5-6-8-10-16/h11-13,16-17H,4-10H2,1-3H3,(H,20,21). The summed E-state index contributed by atoms with van der Waals surface area (Å²) in [6.07, 6.45) is 7.52. The zero-order valence-corrected chi connectivity index (χ0v) is 14.2. The number of carbonyl (C=O) groups is 1. The van der Waals surface area contributed by atoms with Crippen molar-refractivity contribution in [1.82, 2.24) is 5.32 Å². The maximum atomic E-state index is 12.5. The number of ether oxygens (including phenoxy) is 1. The van der Waals surface area contributed by atoms with Crippen molar-refractivity contribution in [3.8, 4) is 5.75 Å². The van der Waals surface area contributed by atoms with E-state index in [0.29, 0.717) is 12.5 Å². The molecule has 0 saturated heterocycles. The van der Waals surface area contributed by atoms with E-state index < -0.39 is 6.10 Å². The molecule has 1 saturated carbocycles. The molecule has 0 aromatic heterocycles. The van der Waals surface area contributed by atoms with E-state index in [9.17, 15) is 4.79 Å². The average Bonchev–Trinajstić information content (AvgIpc) is 2.76. The second-order valence-corrected chi connectivity index (χ2v) is 6.48. The van der Waals surface area contributed by atoms with Gasteiger partial charge in [-0.3, -0.25) is 4.79 Å². The fourth-order valence-electron chi connectivity index (χ4n) is 3.03. The van der Waals surface area contributed by atoms with Crippen molar-refractivity contribution in [3.05, 3.63) is 29.3 Å². The number of hydrogen-bond acceptors (Lipinski definition) is 2. The molecule has 2 rings (SSSR count). The molecule has 1 amide bonds. The predicted molar refractivity (Wildman–Crippen MR) is 90.3 cm³/mol. The third-order valence-corrected chi connectivity index (χ3v) is 4.48. The number of carbonyl (C=O) groups excluding carboxylic acids is 1. The van der Waals surface area contributed by atoms with Crippen LogP contribution in [0.2, 0.25) is 0 Å². The van der Waals surface area contributed by atoms with Crippen molar-refractivity contribution >= 4 is 5.91 Å². The van der Waals surface area contributed by atoms with Gasteiger partial charge in [-0.05, 0) is 50.3 Å². The lowest BCUT2D eigenvalue weighted by Gasteiger charge is -2.22. The molecule has 0 heterocycles. The number of benzene rings is 1. The maximum absolute atomic E-state index is 12.5. The minimum Gasteiger partial charge on any atom is -0.480 e. The van der Waals surface area contributed by atoms with Crippen LogP contribution in [-0.4, -0.2) is 18.1 Å². The van der Waals surface area contributed by atoms with Gasteiger partial charge in [-0.15, -0.1) is 0 Å². The Morgan fingerprint density at radius 3 is 2.55 bits per heavy atom. The molecule has 0 bridgehead atoms. The third kappa shape index (κ3) is 4.75. The van der Waals surface area contributed by atoms with Crippen LogP contribution in [0.1, 0.15) is 63.0 Å². The van der Waals surface area contributed by atoms with Crippen LogP contribution in [0.3, 0.4) is 0 Å². The van der Waals surface area contributed by atoms with Gasteiger partial charge in [-0.2, -0.15) is 0 Å². The van der Waals surface area contributed by atoms with Crippen molar-refractivity contribution < 1.29 is 9.53 Å². The first-order chi connectivity index (χ1) is 10.6. The minimum absolute atomic E-state index is 0.0373. The van der Waals surface area contributed by atoms with E-state index in [-0.39, 0.29) is 5.91 Å². The van der Waals surface area contributed by atoms with Crippen molar-refractivity contribution in [1.29, 1.82) is 0 Å². The van der Waals surface area contributed by atoms with Gasteiger partial charge in [0.2, 0.25) is 0 Å². The molecule has 1 atom stereocenters. The SMILES string of the molecule is CCC(Oc1cc(C)ccc1C)C(=O)NC1CCCCCC1. The Morgan fingerprint density at radius 2 is 1.91 bits per heavy atom. The van der Waals surface area contributed by atoms with E-state index in [1.807, 2.05) is 32.9 Å². The smallest absolute Gasteiger partial charge is 0.261 e. The van der Waals surface area contributed by atoms with Gasteiger partial charge in [0.15, 0.2) is 6.10 Å². The molecule has 0 radical (unpaired) electrons. The van der Waals surface area contributed by atoms with Gasteiger partial charge in [0, 0.05) is 6.04 Å². The average molecular weight is 303 g/mol. The Bertz CT molecular complexity index is 490. The first-order valence-corrected chi connectivity index (χ1v) is 8.64. The lowest BCUT2D eigenvalue weighted by Crippen LogP contribution is -2.43. The van der Waals surface area contributed by atoms with Crippen molar-refractivity contribution in [3.63, 3.8) is 0 Å². The largest absolute Gasteiger partial charge is 0.480 e. The lowest BCUT2D eigenvalue weighted by atomic mass is 10.1. The van der Waals surface area contributed by atoms with Crippen LogP contribution in [0, 0.1) is 13.8 Å². The van der Waals surface area contributed by atoms with E-state index in [4.69, 9.17) is 4.74 Å². The Morgan fingerprint density at radius 1 is 1.23 bits per heavy atom. The van der Waals surface area contributed by atoms with Crippen LogP contribution in [0.4, 0.5) is 0 Å². The summed E-state index contributed by atoms with van der Waals surface area (Å²) < 4.78 is 6.00. The molecule has 122 valence electrons. The Labute approximate surface area is 134 Å². The van der Waals surface area contributed by atoms with Crippen LogP contribution in [0.25, 0.3) is 0 Å². The summed E-state index contributed by atoms with van der Waals surface area (Å²) >= 11 is 0. The molecule has 3 nitrogen and oxygen atoms in total. The molecule has 1 fully saturated rings. The summed E-state index contributed by atoms with van der Waals surface area (Å²) in [5.74, 6) is 0.859. The fraction of sp³-hybridized carbons (Fsp3) is 0.632. The molecule has 3 heteroatoms. The summed E-state index contributed by atoms with van der Waals surface area (Å²) in [5.41, 5.74) is 2.23.